The van der Waals surface area contributed by atoms with Gasteiger partial charge >= 0.3 is 0 Å². The van der Waals surface area contributed by atoms with Crippen LogP contribution in [0.4, 0.5) is 0 Å². The fourth-order valence-electron chi connectivity index (χ4n) is 0.814. The number of benzene rings is 1. The highest BCUT2D eigenvalue weighted by molar-refractivity contribution is 6.33. The lowest BCUT2D eigenvalue weighted by Crippen LogP contribution is -2.05. The molecule has 0 saturated heterocycles. The van der Waals surface area contributed by atoms with E-state index >= 15 is 0 Å². The average Bonchev–Trinajstić information content (AvgIpc) is 1.80. The molecule has 0 heterocycles. The van der Waals surface area contributed by atoms with Crippen molar-refractivity contribution in [1.29, 1.82) is 0 Å². The zero-order valence-electron chi connectivity index (χ0n) is 5.73. The lowest BCUT2D eigenvalue weighted by atomic mass is 10.2. The lowest BCUT2D eigenvalue weighted by molar-refractivity contribution is 1.41. The van der Waals surface area contributed by atoms with Crippen molar-refractivity contribution in [2.75, 3.05) is 0 Å². The van der Waals surface area contributed by atoms with E-state index in [9.17, 15) is 0 Å². The third kappa shape index (κ3) is 1.42. The smallest absolute Gasteiger partial charge is 0.0645 e. The maximum Gasteiger partial charge on any atom is 0.0715 e. The van der Waals surface area contributed by atoms with Crippen LogP contribution in [0, 0.1) is 13.8 Å². The molecule has 45 valence electrons. The second-order valence-electron chi connectivity index (χ2n) is 2.32. The number of aryl methyl sites for hydroxylation is 2. The van der Waals surface area contributed by atoms with Crippen LogP contribution in [0.3, 0.4) is 0 Å². The molecule has 3 radical (unpaired) electrons. The molecule has 1 aromatic carbocycles. The van der Waals surface area contributed by atoms with Gasteiger partial charge in [-0.15, -0.1) is 0 Å². The van der Waals surface area contributed by atoms with Gasteiger partial charge in [-0.3, -0.25) is 0 Å². The van der Waals surface area contributed by atoms with E-state index in [1.165, 1.54) is 16.3 Å². The maximum absolute atomic E-state index is 3.48. The van der Waals surface area contributed by atoms with E-state index in [1.807, 2.05) is 0 Å². The number of hydrogen-bond acceptors (Lipinski definition) is 0. The van der Waals surface area contributed by atoms with Gasteiger partial charge in [0.15, 0.2) is 0 Å². The van der Waals surface area contributed by atoms with Gasteiger partial charge in [0.1, 0.15) is 0 Å². The normalized spacial score (nSPS) is 9.67. The quantitative estimate of drug-likeness (QED) is 0.465. The standard InChI is InChI=1S/C8H9Si/c1-6-3-4-8(9)7(2)5-6/h3-5H,1-2H3. The summed E-state index contributed by atoms with van der Waals surface area (Å²) in [7, 11) is 3.48. The van der Waals surface area contributed by atoms with Gasteiger partial charge in [0.25, 0.3) is 0 Å². The van der Waals surface area contributed by atoms with E-state index in [4.69, 9.17) is 0 Å². The first-order chi connectivity index (χ1) is 4.20. The third-order valence-corrected chi connectivity index (χ3v) is 1.94. The van der Waals surface area contributed by atoms with Crippen molar-refractivity contribution in [1.82, 2.24) is 0 Å². The second kappa shape index (κ2) is 2.36. The largest absolute Gasteiger partial charge is 0.0715 e. The van der Waals surface area contributed by atoms with E-state index in [0.29, 0.717) is 0 Å². The average molecular weight is 133 g/mol. The molecule has 0 atom stereocenters. The molecular weight excluding hydrogens is 124 g/mol. The molecule has 0 unspecified atom stereocenters. The zero-order chi connectivity index (χ0) is 6.85. The summed E-state index contributed by atoms with van der Waals surface area (Å²) in [6.45, 7) is 4.19. The fraction of sp³-hybridized carbons (Fsp3) is 0.250. The molecule has 0 aliphatic rings. The molecule has 9 heavy (non-hydrogen) atoms. The Morgan fingerprint density at radius 3 is 2.33 bits per heavy atom. The molecule has 1 heteroatoms. The molecule has 0 fully saturated rings. The van der Waals surface area contributed by atoms with Gasteiger partial charge in [-0.25, -0.2) is 0 Å². The van der Waals surface area contributed by atoms with Crippen LogP contribution in [0.15, 0.2) is 18.2 Å². The fourth-order valence-corrected chi connectivity index (χ4v) is 0.969. The Kier molecular flexibility index (Phi) is 1.72. The first kappa shape index (κ1) is 6.56. The van der Waals surface area contributed by atoms with Gasteiger partial charge in [0.05, 0.1) is 10.2 Å². The van der Waals surface area contributed by atoms with Crippen LogP contribution >= 0.6 is 0 Å². The van der Waals surface area contributed by atoms with Crippen LogP contribution in [-0.4, -0.2) is 10.2 Å². The topological polar surface area (TPSA) is 0 Å². The van der Waals surface area contributed by atoms with Gasteiger partial charge < -0.3 is 0 Å². The molecule has 0 amide bonds. The van der Waals surface area contributed by atoms with Crippen LogP contribution < -0.4 is 5.19 Å². The molecule has 0 spiro atoms. The summed E-state index contributed by atoms with van der Waals surface area (Å²) >= 11 is 0. The van der Waals surface area contributed by atoms with E-state index in [-0.39, 0.29) is 0 Å². The van der Waals surface area contributed by atoms with Crippen molar-refractivity contribution in [2.45, 2.75) is 13.8 Å². The van der Waals surface area contributed by atoms with Crippen LogP contribution in [0.5, 0.6) is 0 Å². The number of rotatable bonds is 0. The summed E-state index contributed by atoms with van der Waals surface area (Å²) in [6.07, 6.45) is 0. The maximum atomic E-state index is 3.48. The van der Waals surface area contributed by atoms with Gasteiger partial charge in [-0.1, -0.05) is 34.5 Å². The minimum atomic E-state index is 1.18. The Bertz CT molecular complexity index is 216. The molecule has 0 nitrogen and oxygen atoms in total. The Morgan fingerprint density at radius 2 is 1.89 bits per heavy atom. The van der Waals surface area contributed by atoms with Crippen molar-refractivity contribution in [3.8, 4) is 0 Å². The summed E-state index contributed by atoms with van der Waals surface area (Å²) in [5.74, 6) is 0. The summed E-state index contributed by atoms with van der Waals surface area (Å²) in [5.41, 5.74) is 2.61. The zero-order valence-corrected chi connectivity index (χ0v) is 6.73. The molecule has 0 saturated carbocycles. The predicted molar refractivity (Wildman–Crippen MR) is 41.3 cm³/mol. The monoisotopic (exact) mass is 133 g/mol. The molecule has 1 aromatic rings. The van der Waals surface area contributed by atoms with Crippen LogP contribution in [-0.2, 0) is 0 Å². The van der Waals surface area contributed by atoms with Gasteiger partial charge in [-0.2, -0.15) is 0 Å². The Hall–Kier alpha value is -0.563. The Balaban J connectivity index is 3.17. The summed E-state index contributed by atoms with van der Waals surface area (Å²) in [4.78, 5) is 0. The first-order valence-electron chi connectivity index (χ1n) is 2.99. The highest BCUT2D eigenvalue weighted by atomic mass is 28.1. The van der Waals surface area contributed by atoms with Crippen molar-refractivity contribution in [3.63, 3.8) is 0 Å². The minimum Gasteiger partial charge on any atom is -0.0645 e. The first-order valence-corrected chi connectivity index (χ1v) is 3.49. The van der Waals surface area contributed by atoms with E-state index in [0.717, 1.165) is 0 Å². The van der Waals surface area contributed by atoms with E-state index in [2.05, 4.69) is 42.3 Å². The van der Waals surface area contributed by atoms with E-state index < -0.39 is 0 Å². The predicted octanol–water partition coefficient (Wildman–Crippen LogP) is 1.10. The molecule has 1 rings (SSSR count). The molecule has 0 aromatic heterocycles. The third-order valence-electron chi connectivity index (χ3n) is 1.38. The van der Waals surface area contributed by atoms with Gasteiger partial charge in [-0.05, 0) is 13.8 Å². The van der Waals surface area contributed by atoms with Crippen molar-refractivity contribution in [2.24, 2.45) is 0 Å². The van der Waals surface area contributed by atoms with Gasteiger partial charge in [0, 0.05) is 0 Å². The molecular formula is C8H9Si. The van der Waals surface area contributed by atoms with Crippen molar-refractivity contribution in [3.05, 3.63) is 29.3 Å². The highest BCUT2D eigenvalue weighted by Gasteiger charge is 1.89. The lowest BCUT2D eigenvalue weighted by Gasteiger charge is -1.98. The van der Waals surface area contributed by atoms with Crippen molar-refractivity contribution >= 4 is 15.4 Å². The van der Waals surface area contributed by atoms with Gasteiger partial charge in [0.2, 0.25) is 0 Å². The second-order valence-corrected chi connectivity index (χ2v) is 2.86. The minimum absolute atomic E-state index is 1.18. The SMILES string of the molecule is Cc1ccc([Si])c(C)c1. The summed E-state index contributed by atoms with van der Waals surface area (Å²) in [6, 6.07) is 6.32. The summed E-state index contributed by atoms with van der Waals surface area (Å²) < 4.78 is 0. The Morgan fingerprint density at radius 1 is 1.22 bits per heavy atom. The number of hydrogen-bond donors (Lipinski definition) is 0. The van der Waals surface area contributed by atoms with Crippen LogP contribution in [0.2, 0.25) is 0 Å². The molecule has 0 bridgehead atoms. The van der Waals surface area contributed by atoms with Crippen LogP contribution in [0.1, 0.15) is 11.1 Å². The highest BCUT2D eigenvalue weighted by Crippen LogP contribution is 1.97. The van der Waals surface area contributed by atoms with Crippen molar-refractivity contribution < 1.29 is 0 Å². The Labute approximate surface area is 59.3 Å². The van der Waals surface area contributed by atoms with Crippen LogP contribution in [0.25, 0.3) is 0 Å². The van der Waals surface area contributed by atoms with E-state index in [1.54, 1.807) is 0 Å². The molecule has 0 N–H and O–H groups in total. The molecule has 0 aliphatic heterocycles. The summed E-state index contributed by atoms with van der Waals surface area (Å²) in [5, 5.41) is 1.18. The molecule has 0 aliphatic carbocycles.